The number of carbonyl (C=O) groups is 2. The number of imide groups is 1. The lowest BCUT2D eigenvalue weighted by Gasteiger charge is -2.12. The van der Waals surface area contributed by atoms with Gasteiger partial charge in [-0.15, -0.1) is 11.3 Å². The second-order valence-electron chi connectivity index (χ2n) is 6.55. The lowest BCUT2D eigenvalue weighted by atomic mass is 9.97. The van der Waals surface area contributed by atoms with Crippen molar-refractivity contribution in [2.45, 2.75) is 33.2 Å². The number of halogens is 1. The highest BCUT2D eigenvalue weighted by Gasteiger charge is 2.29. The molecular weight excluding hydrogens is 368 g/mol. The Morgan fingerprint density at radius 1 is 1.12 bits per heavy atom. The van der Waals surface area contributed by atoms with Gasteiger partial charge in [-0.25, -0.2) is 0 Å². The number of nitrogens with zero attached hydrogens (tertiary/aromatic N) is 2. The van der Waals surface area contributed by atoms with Crippen LogP contribution in [0.25, 0.3) is 21.3 Å². The Balaban J connectivity index is 1.80. The number of thiophene rings is 1. The number of hydrogen-bond acceptors (Lipinski definition) is 4. The number of likely N-dealkylation sites (tertiary alicyclic amines) is 1. The molecule has 0 radical (unpaired) electrons. The zero-order valence-corrected chi connectivity index (χ0v) is 16.1. The maximum absolute atomic E-state index is 11.9. The Hall–Kier alpha value is -2.24. The lowest BCUT2D eigenvalue weighted by Crippen LogP contribution is -2.27. The van der Waals surface area contributed by atoms with Crippen molar-refractivity contribution in [1.29, 1.82) is 0 Å². The van der Waals surface area contributed by atoms with Gasteiger partial charge in [-0.2, -0.15) is 0 Å². The summed E-state index contributed by atoms with van der Waals surface area (Å²) >= 11 is 7.86. The van der Waals surface area contributed by atoms with Gasteiger partial charge in [-0.05, 0) is 54.8 Å². The predicted octanol–water partition coefficient (Wildman–Crippen LogP) is 4.88. The molecule has 1 fully saturated rings. The second-order valence-corrected chi connectivity index (χ2v) is 8.13. The molecule has 0 aliphatic carbocycles. The molecule has 6 heteroatoms. The number of aryl methyl sites for hydroxylation is 1. The van der Waals surface area contributed by atoms with Crippen LogP contribution in [0.5, 0.6) is 0 Å². The van der Waals surface area contributed by atoms with Gasteiger partial charge in [-0.3, -0.25) is 19.5 Å². The number of carbonyl (C=O) groups excluding carboxylic acids is 2. The molecule has 132 valence electrons. The fourth-order valence-electron chi connectivity index (χ4n) is 3.33. The standard InChI is InChI=1S/C20H17ClN2O2S/c1-11-7-13(21)8-16(12(11)2)15-5-6-22-17-9-14(26-20(15)17)10-23-18(24)3-4-19(23)25/h5-9H,3-4,10H2,1-2H3. The first kappa shape index (κ1) is 17.2. The third-order valence-corrected chi connectivity index (χ3v) is 6.21. The van der Waals surface area contributed by atoms with Gasteiger partial charge in [0, 0.05) is 34.5 Å². The topological polar surface area (TPSA) is 50.3 Å². The van der Waals surface area contributed by atoms with Gasteiger partial charge in [-0.1, -0.05) is 11.6 Å². The molecule has 0 bridgehead atoms. The third kappa shape index (κ3) is 2.91. The van der Waals surface area contributed by atoms with E-state index < -0.39 is 0 Å². The average molecular weight is 385 g/mol. The summed E-state index contributed by atoms with van der Waals surface area (Å²) in [6.45, 7) is 4.46. The maximum atomic E-state index is 11.9. The summed E-state index contributed by atoms with van der Waals surface area (Å²) in [7, 11) is 0. The number of hydrogen-bond donors (Lipinski definition) is 0. The van der Waals surface area contributed by atoms with Crippen molar-refractivity contribution in [1.82, 2.24) is 9.88 Å². The molecule has 1 saturated heterocycles. The van der Waals surface area contributed by atoms with E-state index in [2.05, 4.69) is 11.9 Å². The highest BCUT2D eigenvalue weighted by molar-refractivity contribution is 7.19. The monoisotopic (exact) mass is 384 g/mol. The Morgan fingerprint density at radius 2 is 1.85 bits per heavy atom. The zero-order chi connectivity index (χ0) is 18.4. The summed E-state index contributed by atoms with van der Waals surface area (Å²) in [6.07, 6.45) is 2.42. The van der Waals surface area contributed by atoms with Gasteiger partial charge in [0.15, 0.2) is 0 Å². The molecule has 3 aromatic rings. The van der Waals surface area contributed by atoms with Crippen LogP contribution >= 0.6 is 22.9 Å². The van der Waals surface area contributed by atoms with Gasteiger partial charge in [0.2, 0.25) is 11.8 Å². The summed E-state index contributed by atoms with van der Waals surface area (Å²) in [5, 5.41) is 0.707. The Morgan fingerprint density at radius 3 is 2.58 bits per heavy atom. The quantitative estimate of drug-likeness (QED) is 0.604. The molecule has 1 aliphatic rings. The van der Waals surface area contributed by atoms with Gasteiger partial charge in [0.05, 0.1) is 16.8 Å². The molecule has 4 nitrogen and oxygen atoms in total. The van der Waals surface area contributed by atoms with Crippen molar-refractivity contribution in [3.63, 3.8) is 0 Å². The lowest BCUT2D eigenvalue weighted by molar-refractivity contribution is -0.138. The number of amides is 2. The SMILES string of the molecule is Cc1cc(Cl)cc(-c2ccnc3cc(CN4C(=O)CCC4=O)sc23)c1C. The largest absolute Gasteiger partial charge is 0.277 e. The summed E-state index contributed by atoms with van der Waals surface area (Å²) in [6, 6.07) is 7.90. The van der Waals surface area contributed by atoms with Crippen molar-refractivity contribution in [3.05, 3.63) is 51.5 Å². The van der Waals surface area contributed by atoms with Gasteiger partial charge >= 0.3 is 0 Å². The van der Waals surface area contributed by atoms with E-state index in [-0.39, 0.29) is 11.8 Å². The molecule has 2 aromatic heterocycles. The normalized spacial score (nSPS) is 14.7. The molecule has 0 saturated carbocycles. The second kappa shape index (κ2) is 6.49. The minimum Gasteiger partial charge on any atom is -0.277 e. The van der Waals surface area contributed by atoms with Crippen LogP contribution in [0.3, 0.4) is 0 Å². The molecule has 0 atom stereocenters. The molecule has 3 heterocycles. The van der Waals surface area contributed by atoms with E-state index in [1.807, 2.05) is 31.2 Å². The molecule has 4 rings (SSSR count). The Labute approximate surface area is 160 Å². The summed E-state index contributed by atoms with van der Waals surface area (Å²) in [5.41, 5.74) is 5.36. The molecule has 2 amide bonds. The van der Waals surface area contributed by atoms with Gasteiger partial charge < -0.3 is 0 Å². The highest BCUT2D eigenvalue weighted by Crippen LogP contribution is 2.37. The number of rotatable bonds is 3. The molecule has 26 heavy (non-hydrogen) atoms. The van der Waals surface area contributed by atoms with Crippen LogP contribution in [-0.2, 0) is 16.1 Å². The maximum Gasteiger partial charge on any atom is 0.230 e. The van der Waals surface area contributed by atoms with E-state index >= 15 is 0 Å². The zero-order valence-electron chi connectivity index (χ0n) is 14.5. The molecule has 1 aromatic carbocycles. The van der Waals surface area contributed by atoms with Crippen molar-refractivity contribution in [2.75, 3.05) is 0 Å². The van der Waals surface area contributed by atoms with Crippen LogP contribution in [0.2, 0.25) is 5.02 Å². The molecular formula is C20H17ClN2O2S. The van der Waals surface area contributed by atoms with Crippen LogP contribution in [0.4, 0.5) is 0 Å². The summed E-state index contributed by atoms with van der Waals surface area (Å²) in [4.78, 5) is 30.6. The van der Waals surface area contributed by atoms with Crippen LogP contribution in [0.1, 0.15) is 28.8 Å². The smallest absolute Gasteiger partial charge is 0.230 e. The third-order valence-electron chi connectivity index (χ3n) is 4.85. The average Bonchev–Trinajstić information content (AvgIpc) is 3.16. The minimum atomic E-state index is -0.0954. The number of pyridine rings is 1. The first-order valence-electron chi connectivity index (χ1n) is 8.42. The van der Waals surface area contributed by atoms with E-state index in [0.717, 1.165) is 31.8 Å². The van der Waals surface area contributed by atoms with E-state index in [9.17, 15) is 9.59 Å². The molecule has 0 unspecified atom stereocenters. The first-order valence-corrected chi connectivity index (χ1v) is 9.61. The van der Waals surface area contributed by atoms with E-state index in [1.54, 1.807) is 17.5 Å². The van der Waals surface area contributed by atoms with Crippen molar-refractivity contribution in [3.8, 4) is 11.1 Å². The van der Waals surface area contributed by atoms with E-state index in [4.69, 9.17) is 11.6 Å². The Bertz CT molecular complexity index is 1040. The Kier molecular flexibility index (Phi) is 4.29. The minimum absolute atomic E-state index is 0.0954. The van der Waals surface area contributed by atoms with Crippen LogP contribution in [0.15, 0.2) is 30.5 Å². The number of aromatic nitrogens is 1. The van der Waals surface area contributed by atoms with Crippen molar-refractivity contribution < 1.29 is 9.59 Å². The molecule has 1 aliphatic heterocycles. The highest BCUT2D eigenvalue weighted by atomic mass is 35.5. The molecule has 0 N–H and O–H groups in total. The molecule has 0 spiro atoms. The van der Waals surface area contributed by atoms with Crippen LogP contribution in [-0.4, -0.2) is 21.7 Å². The van der Waals surface area contributed by atoms with Crippen molar-refractivity contribution >= 4 is 45.0 Å². The summed E-state index contributed by atoms with van der Waals surface area (Å²) < 4.78 is 1.05. The van der Waals surface area contributed by atoms with Crippen LogP contribution in [0, 0.1) is 13.8 Å². The van der Waals surface area contributed by atoms with Crippen molar-refractivity contribution in [2.24, 2.45) is 0 Å². The fourth-order valence-corrected chi connectivity index (χ4v) is 4.73. The van der Waals surface area contributed by atoms with E-state index in [1.165, 1.54) is 10.5 Å². The van der Waals surface area contributed by atoms with Gasteiger partial charge in [0.1, 0.15) is 0 Å². The predicted molar refractivity (Wildman–Crippen MR) is 104 cm³/mol. The number of benzene rings is 1. The van der Waals surface area contributed by atoms with Gasteiger partial charge in [0.25, 0.3) is 0 Å². The number of fused-ring (bicyclic) bond motifs is 1. The summed E-state index contributed by atoms with van der Waals surface area (Å²) in [5.74, 6) is -0.191. The van der Waals surface area contributed by atoms with Crippen LogP contribution < -0.4 is 0 Å². The van der Waals surface area contributed by atoms with E-state index in [0.29, 0.717) is 24.4 Å². The fraction of sp³-hybridized carbons (Fsp3) is 0.250. The first-order chi connectivity index (χ1) is 12.4.